The summed E-state index contributed by atoms with van der Waals surface area (Å²) in [7, 11) is -5.41. The maximum absolute atomic E-state index is 13.4. The van der Waals surface area contributed by atoms with Crippen LogP contribution in [0.1, 0.15) is 58.4 Å². The van der Waals surface area contributed by atoms with Gasteiger partial charge in [0.25, 0.3) is 5.34 Å². The number of hydrogen-bond acceptors (Lipinski definition) is 8. The van der Waals surface area contributed by atoms with Crippen molar-refractivity contribution in [2.75, 3.05) is 24.2 Å². The number of benzene rings is 2. The second-order valence-corrected chi connectivity index (χ2v) is 14.9. The standard InChI is InChI=1S/C28H39O8P2S2/c1-4-27(5-2,36-23-40(33)25-17-11-8-12-18-25)37(30)19-13-14-20-38(31)28(6-3,35-22-39-32)26(29)34-21-24-15-9-7-10-16-24/h7-12,15-18H,4-6,13-14,19-23H2,1-3H3/q+3/t28?,40-/m1/s1. The molecule has 2 aromatic carbocycles. The van der Waals surface area contributed by atoms with Gasteiger partial charge in [-0.2, -0.15) is 0 Å². The van der Waals surface area contributed by atoms with E-state index in [0.29, 0.717) is 36.7 Å². The Morgan fingerprint density at radius 1 is 0.850 bits per heavy atom. The van der Waals surface area contributed by atoms with Gasteiger partial charge >= 0.3 is 44.5 Å². The average Bonchev–Trinajstić information content (AvgIpc) is 3.00. The minimum absolute atomic E-state index is 0.00410. The van der Waals surface area contributed by atoms with Crippen LogP contribution in [0.4, 0.5) is 0 Å². The summed E-state index contributed by atoms with van der Waals surface area (Å²) >= 11 is 0.155. The summed E-state index contributed by atoms with van der Waals surface area (Å²) in [5, 5.41) is -2.62. The number of unbranched alkanes of at least 4 members (excludes halogenated alkanes) is 1. The molecule has 0 N–H and O–H groups in total. The van der Waals surface area contributed by atoms with Crippen LogP contribution < -0.4 is 0 Å². The largest absolute Gasteiger partial charge is 0.490 e. The Morgan fingerprint density at radius 3 is 1.98 bits per heavy atom. The summed E-state index contributed by atoms with van der Waals surface area (Å²) in [5.41, 5.74) is 0.781. The molecule has 0 fully saturated rings. The maximum atomic E-state index is 13.4. The summed E-state index contributed by atoms with van der Waals surface area (Å²) in [6, 6.07) is 18.1. The first-order valence-electron chi connectivity index (χ1n) is 13.3. The molecule has 8 nitrogen and oxygen atoms in total. The topological polar surface area (TPSA) is 113 Å². The van der Waals surface area contributed by atoms with Gasteiger partial charge in [-0.3, -0.25) is 8.95 Å². The molecule has 0 spiro atoms. The lowest BCUT2D eigenvalue weighted by atomic mass is 10.2. The fourth-order valence-electron chi connectivity index (χ4n) is 4.19. The second kappa shape index (κ2) is 17.9. The Labute approximate surface area is 245 Å². The van der Waals surface area contributed by atoms with Crippen LogP contribution in [0.5, 0.6) is 0 Å². The van der Waals surface area contributed by atoms with Crippen molar-refractivity contribution >= 4 is 44.0 Å². The van der Waals surface area contributed by atoms with E-state index in [-0.39, 0.29) is 42.7 Å². The van der Waals surface area contributed by atoms with Gasteiger partial charge < -0.3 is 9.47 Å². The van der Waals surface area contributed by atoms with Gasteiger partial charge in [0.05, 0.1) is 10.8 Å². The number of carbonyl (C=O) groups excluding carboxylic acids is 1. The van der Waals surface area contributed by atoms with Crippen LogP contribution in [-0.4, -0.2) is 45.1 Å². The van der Waals surface area contributed by atoms with Gasteiger partial charge in [-0.25, -0.2) is 4.79 Å². The van der Waals surface area contributed by atoms with Gasteiger partial charge in [0.15, 0.2) is 0 Å². The smallest absolute Gasteiger partial charge is 0.455 e. The SMILES string of the molecule is CCC(CC)(OC[S@@](=O)c1ccccc1)[P+](=O)CCCC[P+](=O)C(CC)(OC[S+]=O)C(=O)OCc1ccccc1. The molecule has 3 unspecified atom stereocenters. The molecule has 0 aliphatic heterocycles. The second-order valence-electron chi connectivity index (χ2n) is 9.07. The Kier molecular flexibility index (Phi) is 15.4. The van der Waals surface area contributed by atoms with E-state index in [0.717, 1.165) is 5.56 Å². The van der Waals surface area contributed by atoms with Crippen molar-refractivity contribution < 1.29 is 36.6 Å². The number of hydrogen-bond donors (Lipinski definition) is 0. The lowest BCUT2D eigenvalue weighted by molar-refractivity contribution is -0.161. The summed E-state index contributed by atoms with van der Waals surface area (Å²) in [4.78, 5) is 13.7. The van der Waals surface area contributed by atoms with Crippen molar-refractivity contribution in [1.29, 1.82) is 0 Å². The zero-order valence-corrected chi connectivity index (χ0v) is 26.7. The van der Waals surface area contributed by atoms with E-state index < -0.39 is 43.1 Å². The molecule has 0 aromatic heterocycles. The molecular weight excluding hydrogens is 590 g/mol. The van der Waals surface area contributed by atoms with E-state index >= 15 is 0 Å². The fraction of sp³-hybridized carbons (Fsp3) is 0.536. The zero-order valence-electron chi connectivity index (χ0n) is 23.3. The normalized spacial score (nSPS) is 14.6. The van der Waals surface area contributed by atoms with Gasteiger partial charge in [-0.05, 0) is 30.5 Å². The van der Waals surface area contributed by atoms with Crippen molar-refractivity contribution in [2.45, 2.75) is 75.1 Å². The molecule has 12 heteroatoms. The van der Waals surface area contributed by atoms with Crippen molar-refractivity contribution in [3.63, 3.8) is 0 Å². The first-order valence-corrected chi connectivity index (χ1v) is 18.5. The number of carbonyl (C=O) groups is 1. The quantitative estimate of drug-likeness (QED) is 0.0507. The van der Waals surface area contributed by atoms with Gasteiger partial charge in [-0.1, -0.05) is 78.4 Å². The third kappa shape index (κ3) is 9.64. The summed E-state index contributed by atoms with van der Waals surface area (Å²) in [5.74, 6) is -1.13. The van der Waals surface area contributed by atoms with Gasteiger partial charge in [-0.15, -0.1) is 0 Å². The fourth-order valence-corrected chi connectivity index (χ4v) is 9.08. The number of rotatable bonds is 20. The zero-order chi connectivity index (χ0) is 29.4. The van der Waals surface area contributed by atoms with E-state index in [1.165, 1.54) is 0 Å². The molecule has 0 saturated heterocycles. The third-order valence-corrected chi connectivity index (χ3v) is 12.6. The Hall–Kier alpha value is -1.80. The predicted octanol–water partition coefficient (Wildman–Crippen LogP) is 6.97. The van der Waals surface area contributed by atoms with Crippen LogP contribution in [0.15, 0.2) is 65.6 Å². The molecule has 0 aliphatic carbocycles. The summed E-state index contributed by atoms with van der Waals surface area (Å²) in [6.07, 6.45) is 2.53. The monoisotopic (exact) mass is 629 g/mol. The summed E-state index contributed by atoms with van der Waals surface area (Å²) in [6.45, 7) is 5.49. The minimum atomic E-state index is -2.23. The van der Waals surface area contributed by atoms with Crippen LogP contribution in [0.2, 0.25) is 0 Å². The Balaban J connectivity index is 1.96. The highest BCUT2D eigenvalue weighted by molar-refractivity contribution is 7.84. The van der Waals surface area contributed by atoms with Crippen molar-refractivity contribution in [3.05, 3.63) is 66.2 Å². The molecule has 0 bridgehead atoms. The molecular formula is C28H39O8P2S2+3. The van der Waals surface area contributed by atoms with Gasteiger partial charge in [0, 0.05) is 28.4 Å². The van der Waals surface area contributed by atoms with E-state index in [1.54, 1.807) is 19.1 Å². The molecule has 2 rings (SSSR count). The van der Waals surface area contributed by atoms with E-state index in [2.05, 4.69) is 0 Å². The van der Waals surface area contributed by atoms with Gasteiger partial charge in [0.1, 0.15) is 24.9 Å². The lowest BCUT2D eigenvalue weighted by Gasteiger charge is -2.21. The molecule has 218 valence electrons. The molecule has 0 aliphatic rings. The molecule has 0 saturated carbocycles. The van der Waals surface area contributed by atoms with E-state index in [9.17, 15) is 22.3 Å². The lowest BCUT2D eigenvalue weighted by Crippen LogP contribution is -2.40. The first-order chi connectivity index (χ1) is 19.3. The van der Waals surface area contributed by atoms with Crippen molar-refractivity contribution in [2.24, 2.45) is 0 Å². The van der Waals surface area contributed by atoms with Crippen LogP contribution in [-0.2, 0) is 61.4 Å². The van der Waals surface area contributed by atoms with Crippen molar-refractivity contribution in [3.8, 4) is 0 Å². The average molecular weight is 630 g/mol. The Bertz CT molecular complexity index is 1130. The first kappa shape index (κ1) is 34.4. The van der Waals surface area contributed by atoms with Crippen molar-refractivity contribution in [1.82, 2.24) is 0 Å². The number of ether oxygens (including phenoxy) is 3. The molecule has 4 atom stereocenters. The highest BCUT2D eigenvalue weighted by Gasteiger charge is 2.58. The number of esters is 1. The minimum Gasteiger partial charge on any atom is -0.455 e. The molecule has 0 heterocycles. The summed E-state index contributed by atoms with van der Waals surface area (Å²) < 4.78 is 67.5. The van der Waals surface area contributed by atoms with E-state index in [1.807, 2.05) is 62.4 Å². The molecule has 0 radical (unpaired) electrons. The van der Waals surface area contributed by atoms with Gasteiger partial charge in [0.2, 0.25) is 0 Å². The predicted molar refractivity (Wildman–Crippen MR) is 160 cm³/mol. The highest BCUT2D eigenvalue weighted by atomic mass is 32.2. The van der Waals surface area contributed by atoms with Crippen LogP contribution in [0, 0.1) is 0 Å². The van der Waals surface area contributed by atoms with Crippen LogP contribution >= 0.6 is 15.6 Å². The molecule has 40 heavy (non-hydrogen) atoms. The Morgan fingerprint density at radius 2 is 1.43 bits per heavy atom. The molecule has 0 amide bonds. The van der Waals surface area contributed by atoms with Crippen LogP contribution in [0.25, 0.3) is 0 Å². The maximum Gasteiger partial charge on any atom is 0.490 e. The third-order valence-electron chi connectivity index (χ3n) is 6.73. The highest BCUT2D eigenvalue weighted by Crippen LogP contribution is 2.48. The molecule has 2 aromatic rings. The van der Waals surface area contributed by atoms with E-state index in [4.69, 9.17) is 14.2 Å². The van der Waals surface area contributed by atoms with Crippen LogP contribution in [0.3, 0.4) is 0 Å².